The van der Waals surface area contributed by atoms with Crippen molar-refractivity contribution in [3.63, 3.8) is 0 Å². The zero-order chi connectivity index (χ0) is 13.9. The fraction of sp³-hybridized carbons (Fsp3) is 0.538. The Morgan fingerprint density at radius 1 is 1.32 bits per heavy atom. The second-order valence-corrected chi connectivity index (χ2v) is 7.88. The first-order chi connectivity index (χ1) is 8.98. The third-order valence-corrected chi connectivity index (χ3v) is 5.90. The lowest BCUT2D eigenvalue weighted by atomic mass is 10.2. The number of hydrogen-bond acceptors (Lipinski definition) is 4. The molecule has 0 heterocycles. The van der Waals surface area contributed by atoms with Crippen LogP contribution in [0.25, 0.3) is 0 Å². The van der Waals surface area contributed by atoms with Crippen molar-refractivity contribution in [1.29, 1.82) is 0 Å². The van der Waals surface area contributed by atoms with Gasteiger partial charge in [0.2, 0.25) is 10.0 Å². The van der Waals surface area contributed by atoms with E-state index in [0.29, 0.717) is 10.9 Å². The highest BCUT2D eigenvalue weighted by Crippen LogP contribution is 2.28. The maximum absolute atomic E-state index is 12.1. The highest BCUT2D eigenvalue weighted by Gasteiger charge is 2.27. The van der Waals surface area contributed by atoms with E-state index in [2.05, 4.69) is 11.0 Å². The summed E-state index contributed by atoms with van der Waals surface area (Å²) in [5, 5.41) is 0.587. The van der Waals surface area contributed by atoms with Crippen LogP contribution in [0.15, 0.2) is 24.3 Å². The second-order valence-electron chi connectivity index (χ2n) is 4.99. The Morgan fingerprint density at radius 2 is 2.00 bits per heavy atom. The number of sulfonamides is 1. The average Bonchev–Trinajstić information content (AvgIpc) is 2.78. The van der Waals surface area contributed by atoms with Gasteiger partial charge in [0.15, 0.2) is 0 Å². The Labute approximate surface area is 119 Å². The summed E-state index contributed by atoms with van der Waals surface area (Å²) in [5.41, 5.74) is 7.00. The van der Waals surface area contributed by atoms with Gasteiger partial charge in [-0.1, -0.05) is 12.1 Å². The van der Waals surface area contributed by atoms with E-state index in [1.165, 1.54) is 0 Å². The van der Waals surface area contributed by atoms with E-state index >= 15 is 0 Å². The lowest BCUT2D eigenvalue weighted by molar-refractivity contribution is 0.552. The van der Waals surface area contributed by atoms with Crippen LogP contribution in [0.3, 0.4) is 0 Å². The minimum absolute atomic E-state index is 0.0215. The van der Waals surface area contributed by atoms with Gasteiger partial charge in [-0.2, -0.15) is 11.8 Å². The molecule has 1 aromatic carbocycles. The summed E-state index contributed by atoms with van der Waals surface area (Å²) in [6.45, 7) is 0. The third kappa shape index (κ3) is 4.40. The van der Waals surface area contributed by atoms with Gasteiger partial charge >= 0.3 is 0 Å². The molecule has 2 atom stereocenters. The highest BCUT2D eigenvalue weighted by atomic mass is 32.2. The Balaban J connectivity index is 1.94. The summed E-state index contributed by atoms with van der Waals surface area (Å²) in [7, 11) is -3.26. The maximum atomic E-state index is 12.1. The number of rotatable bonds is 5. The molecule has 19 heavy (non-hydrogen) atoms. The molecule has 2 rings (SSSR count). The van der Waals surface area contributed by atoms with Gasteiger partial charge in [-0.15, -0.1) is 0 Å². The topological polar surface area (TPSA) is 72.2 Å². The number of benzene rings is 1. The monoisotopic (exact) mass is 300 g/mol. The number of nitrogens with two attached hydrogens (primary N) is 1. The predicted octanol–water partition coefficient (Wildman–Crippen LogP) is 1.97. The molecule has 4 nitrogen and oxygen atoms in total. The van der Waals surface area contributed by atoms with E-state index in [9.17, 15) is 8.42 Å². The summed E-state index contributed by atoms with van der Waals surface area (Å²) >= 11 is 1.82. The van der Waals surface area contributed by atoms with Gasteiger partial charge < -0.3 is 5.73 Å². The summed E-state index contributed by atoms with van der Waals surface area (Å²) < 4.78 is 27.0. The van der Waals surface area contributed by atoms with Crippen LogP contribution in [0.5, 0.6) is 0 Å². The van der Waals surface area contributed by atoms with Gasteiger partial charge in [0.25, 0.3) is 0 Å². The third-order valence-electron chi connectivity index (χ3n) is 3.40. The van der Waals surface area contributed by atoms with E-state index in [4.69, 9.17) is 5.73 Å². The van der Waals surface area contributed by atoms with Gasteiger partial charge in [0.05, 0.1) is 5.75 Å². The lowest BCUT2D eigenvalue weighted by Gasteiger charge is -2.13. The molecule has 106 valence electrons. The van der Waals surface area contributed by atoms with E-state index in [0.717, 1.165) is 24.8 Å². The minimum atomic E-state index is -3.26. The summed E-state index contributed by atoms with van der Waals surface area (Å²) in [5.74, 6) is 0.0215. The van der Waals surface area contributed by atoms with Crippen LogP contribution in [-0.2, 0) is 15.8 Å². The molecule has 1 fully saturated rings. The number of thioether (sulfide) groups is 1. The molecule has 0 saturated heterocycles. The maximum Gasteiger partial charge on any atom is 0.216 e. The molecule has 6 heteroatoms. The van der Waals surface area contributed by atoms with E-state index < -0.39 is 10.0 Å². The Kier molecular flexibility index (Phi) is 4.76. The molecule has 0 spiro atoms. The van der Waals surface area contributed by atoms with Gasteiger partial charge in [-0.3, -0.25) is 0 Å². The van der Waals surface area contributed by atoms with Crippen LogP contribution < -0.4 is 10.5 Å². The molecule has 2 unspecified atom stereocenters. The first-order valence-electron chi connectivity index (χ1n) is 6.36. The normalized spacial score (nSPS) is 23.6. The van der Waals surface area contributed by atoms with Crippen molar-refractivity contribution in [3.8, 4) is 0 Å². The summed E-state index contributed by atoms with van der Waals surface area (Å²) in [4.78, 5) is 0. The van der Waals surface area contributed by atoms with Gasteiger partial charge in [-0.25, -0.2) is 13.1 Å². The van der Waals surface area contributed by atoms with Crippen LogP contribution in [0.1, 0.15) is 24.8 Å². The number of nitrogens with one attached hydrogen (secondary N) is 1. The van der Waals surface area contributed by atoms with Crippen molar-refractivity contribution in [3.05, 3.63) is 29.8 Å². The molecule has 0 bridgehead atoms. The van der Waals surface area contributed by atoms with Gasteiger partial charge in [-0.05, 0) is 43.2 Å². The molecule has 0 amide bonds. The smallest absolute Gasteiger partial charge is 0.216 e. The number of nitrogen functional groups attached to an aromatic ring is 1. The van der Waals surface area contributed by atoms with Crippen LogP contribution in [-0.4, -0.2) is 26.0 Å². The second kappa shape index (κ2) is 6.15. The summed E-state index contributed by atoms with van der Waals surface area (Å²) in [6, 6.07) is 7.06. The Hall–Kier alpha value is -0.720. The largest absolute Gasteiger partial charge is 0.399 e. The van der Waals surface area contributed by atoms with E-state index in [-0.39, 0.29) is 11.8 Å². The van der Waals surface area contributed by atoms with Crippen molar-refractivity contribution >= 4 is 27.5 Å². The molecule has 1 saturated carbocycles. The molecule has 1 aliphatic rings. The van der Waals surface area contributed by atoms with Crippen LogP contribution in [0.4, 0.5) is 5.69 Å². The van der Waals surface area contributed by atoms with Crippen molar-refractivity contribution < 1.29 is 8.42 Å². The first kappa shape index (κ1) is 14.7. The average molecular weight is 300 g/mol. The molecule has 1 aliphatic carbocycles. The molecule has 1 aromatic rings. The molecule has 0 radical (unpaired) electrons. The van der Waals surface area contributed by atoms with Crippen molar-refractivity contribution in [2.75, 3.05) is 12.0 Å². The molecule has 3 N–H and O–H groups in total. The van der Waals surface area contributed by atoms with Crippen molar-refractivity contribution in [2.24, 2.45) is 0 Å². The zero-order valence-corrected chi connectivity index (χ0v) is 12.6. The fourth-order valence-corrected chi connectivity index (χ4v) is 4.62. The van der Waals surface area contributed by atoms with E-state index in [1.54, 1.807) is 24.3 Å². The molecular formula is C13H20N2O2S2. The van der Waals surface area contributed by atoms with Crippen molar-refractivity contribution in [1.82, 2.24) is 4.72 Å². The Bertz CT molecular complexity index is 514. The zero-order valence-electron chi connectivity index (χ0n) is 11.0. The standard InChI is InChI=1S/C13H20N2O2S2/c1-18-13-7-6-12(8-13)15-19(16,17)9-10-2-4-11(14)5-3-10/h2-5,12-13,15H,6-9,14H2,1H3. The molecule has 0 aliphatic heterocycles. The molecular weight excluding hydrogens is 280 g/mol. The SMILES string of the molecule is CSC1CCC(NS(=O)(=O)Cc2ccc(N)cc2)C1. The predicted molar refractivity (Wildman–Crippen MR) is 81.6 cm³/mol. The lowest BCUT2D eigenvalue weighted by Crippen LogP contribution is -2.34. The highest BCUT2D eigenvalue weighted by molar-refractivity contribution is 7.99. The van der Waals surface area contributed by atoms with Crippen LogP contribution in [0, 0.1) is 0 Å². The van der Waals surface area contributed by atoms with Crippen LogP contribution >= 0.6 is 11.8 Å². The number of hydrogen-bond donors (Lipinski definition) is 2. The quantitative estimate of drug-likeness (QED) is 0.816. The minimum Gasteiger partial charge on any atom is -0.399 e. The fourth-order valence-electron chi connectivity index (χ4n) is 2.39. The Morgan fingerprint density at radius 3 is 2.58 bits per heavy atom. The van der Waals surface area contributed by atoms with Crippen molar-refractivity contribution in [2.45, 2.75) is 36.3 Å². The van der Waals surface area contributed by atoms with Gasteiger partial charge in [0.1, 0.15) is 0 Å². The van der Waals surface area contributed by atoms with E-state index in [1.807, 2.05) is 11.8 Å². The molecule has 0 aromatic heterocycles. The summed E-state index contributed by atoms with van der Waals surface area (Å²) in [6.07, 6.45) is 5.04. The van der Waals surface area contributed by atoms with Crippen LogP contribution in [0.2, 0.25) is 0 Å². The first-order valence-corrected chi connectivity index (χ1v) is 9.30. The number of anilines is 1. The van der Waals surface area contributed by atoms with Gasteiger partial charge in [0, 0.05) is 17.0 Å².